The van der Waals surface area contributed by atoms with Crippen LogP contribution in [0, 0.1) is 25.2 Å². The minimum Gasteiger partial charge on any atom is -0.316 e. The summed E-state index contributed by atoms with van der Waals surface area (Å²) in [5.41, 5.74) is 2.70. The topological polar surface area (TPSA) is 118 Å². The van der Waals surface area contributed by atoms with Crippen molar-refractivity contribution in [3.05, 3.63) is 56.8 Å². The van der Waals surface area contributed by atoms with Crippen LogP contribution in [0.4, 0.5) is 5.13 Å². The first kappa shape index (κ1) is 23.0. The van der Waals surface area contributed by atoms with Gasteiger partial charge in [-0.25, -0.2) is 8.42 Å². The lowest BCUT2D eigenvalue weighted by molar-refractivity contribution is -0.112. The van der Waals surface area contributed by atoms with Gasteiger partial charge in [0.25, 0.3) is 11.1 Å². The van der Waals surface area contributed by atoms with Gasteiger partial charge in [0, 0.05) is 34.2 Å². The van der Waals surface area contributed by atoms with Crippen molar-refractivity contribution < 1.29 is 13.2 Å². The number of amides is 1. The molecule has 0 bridgehead atoms. The van der Waals surface area contributed by atoms with Crippen molar-refractivity contribution in [2.75, 3.05) is 11.6 Å². The first-order valence-corrected chi connectivity index (χ1v) is 12.0. The number of benzene rings is 1. The van der Waals surface area contributed by atoms with E-state index in [1.165, 1.54) is 6.08 Å². The molecule has 160 valence electrons. The standard InChI is InChI=1S/C19H15Cl2N5O3S2/c1-10-6-12(11(2)26(10)16-8-14(20)4-5-15(16)21)7-13(9-22)17(27)23-18-24-19(25-30-18)31(3,28)29/h4-8H,1-3H3,(H,23,24,25,27)/b13-7-. The van der Waals surface area contributed by atoms with Gasteiger partial charge < -0.3 is 4.57 Å². The van der Waals surface area contributed by atoms with Crippen molar-refractivity contribution in [2.45, 2.75) is 19.0 Å². The van der Waals surface area contributed by atoms with Crippen molar-refractivity contribution in [1.29, 1.82) is 5.26 Å². The number of anilines is 1. The Hall–Kier alpha value is -2.71. The van der Waals surface area contributed by atoms with Gasteiger partial charge in [0.05, 0.1) is 10.7 Å². The molecule has 0 aliphatic rings. The Balaban J connectivity index is 1.94. The van der Waals surface area contributed by atoms with E-state index in [2.05, 4.69) is 14.7 Å². The molecule has 1 aromatic carbocycles. The number of aryl methyl sites for hydroxylation is 1. The number of rotatable bonds is 5. The third-order valence-corrected chi connectivity index (χ3v) is 6.39. The number of sulfone groups is 1. The van der Waals surface area contributed by atoms with E-state index in [0.717, 1.165) is 17.6 Å². The Labute approximate surface area is 192 Å². The predicted molar refractivity (Wildman–Crippen MR) is 121 cm³/mol. The zero-order valence-electron chi connectivity index (χ0n) is 16.5. The Morgan fingerprint density at radius 3 is 2.61 bits per heavy atom. The summed E-state index contributed by atoms with van der Waals surface area (Å²) < 4.78 is 28.5. The lowest BCUT2D eigenvalue weighted by atomic mass is 10.1. The molecule has 31 heavy (non-hydrogen) atoms. The van der Waals surface area contributed by atoms with Gasteiger partial charge in [-0.15, -0.1) is 0 Å². The Kier molecular flexibility index (Phi) is 6.52. The van der Waals surface area contributed by atoms with Crippen LogP contribution < -0.4 is 5.32 Å². The summed E-state index contributed by atoms with van der Waals surface area (Å²) in [6.45, 7) is 3.69. The lowest BCUT2D eigenvalue weighted by Crippen LogP contribution is -2.13. The molecular formula is C19H15Cl2N5O3S2. The number of carbonyl (C=O) groups excluding carboxylic acids is 1. The molecule has 0 spiro atoms. The van der Waals surface area contributed by atoms with Gasteiger partial charge in [-0.1, -0.05) is 23.2 Å². The molecule has 1 N–H and O–H groups in total. The molecule has 0 aliphatic heterocycles. The maximum atomic E-state index is 12.5. The third-order valence-electron chi connectivity index (χ3n) is 4.24. The summed E-state index contributed by atoms with van der Waals surface area (Å²) in [5.74, 6) is -0.732. The van der Waals surface area contributed by atoms with Crippen LogP contribution in [-0.4, -0.2) is 34.5 Å². The number of nitriles is 1. The Bertz CT molecular complexity index is 1370. The van der Waals surface area contributed by atoms with E-state index in [0.29, 0.717) is 32.8 Å². The number of hydrogen-bond acceptors (Lipinski definition) is 7. The van der Waals surface area contributed by atoms with Crippen LogP contribution in [0.15, 0.2) is 35.0 Å². The van der Waals surface area contributed by atoms with Crippen LogP contribution >= 0.6 is 34.7 Å². The van der Waals surface area contributed by atoms with Gasteiger partial charge >= 0.3 is 0 Å². The summed E-state index contributed by atoms with van der Waals surface area (Å²) in [4.78, 5) is 16.3. The van der Waals surface area contributed by atoms with Crippen LogP contribution in [0.5, 0.6) is 0 Å². The highest BCUT2D eigenvalue weighted by Crippen LogP contribution is 2.30. The van der Waals surface area contributed by atoms with Crippen LogP contribution in [0.3, 0.4) is 0 Å². The molecule has 8 nitrogen and oxygen atoms in total. The average molecular weight is 496 g/mol. The minimum absolute atomic E-state index is 0.0252. The smallest absolute Gasteiger partial charge is 0.268 e. The Morgan fingerprint density at radius 2 is 2.00 bits per heavy atom. The fourth-order valence-electron chi connectivity index (χ4n) is 2.84. The third kappa shape index (κ3) is 4.97. The number of nitrogens with zero attached hydrogens (tertiary/aromatic N) is 4. The quantitative estimate of drug-likeness (QED) is 0.418. The van der Waals surface area contributed by atoms with E-state index in [1.54, 1.807) is 18.2 Å². The molecule has 12 heteroatoms. The summed E-state index contributed by atoms with van der Waals surface area (Å²) in [5, 5.41) is 12.5. The summed E-state index contributed by atoms with van der Waals surface area (Å²) in [6.07, 6.45) is 2.40. The monoisotopic (exact) mass is 495 g/mol. The number of nitrogens with one attached hydrogen (secondary N) is 1. The van der Waals surface area contributed by atoms with Crippen LogP contribution in [0.1, 0.15) is 17.0 Å². The lowest BCUT2D eigenvalue weighted by Gasteiger charge is -2.12. The van der Waals surface area contributed by atoms with Gasteiger partial charge in [0.1, 0.15) is 11.6 Å². The average Bonchev–Trinajstić information content (AvgIpc) is 3.26. The SMILES string of the molecule is Cc1cc(/C=C(/C#N)C(=O)Nc2nc(S(C)(=O)=O)ns2)c(C)n1-c1cc(Cl)ccc1Cl. The van der Waals surface area contributed by atoms with Crippen molar-refractivity contribution in [3.63, 3.8) is 0 Å². The zero-order chi connectivity index (χ0) is 22.9. The fraction of sp³-hybridized carbons (Fsp3) is 0.158. The van der Waals surface area contributed by atoms with Gasteiger partial charge in [0.2, 0.25) is 15.0 Å². The molecule has 3 rings (SSSR count). The highest BCUT2D eigenvalue weighted by atomic mass is 35.5. The number of aromatic nitrogens is 3. The summed E-state index contributed by atoms with van der Waals surface area (Å²) in [6, 6.07) is 8.76. The maximum Gasteiger partial charge on any atom is 0.268 e. The van der Waals surface area contributed by atoms with Crippen molar-refractivity contribution >= 4 is 61.7 Å². The largest absolute Gasteiger partial charge is 0.316 e. The van der Waals surface area contributed by atoms with Crippen LogP contribution in [0.25, 0.3) is 11.8 Å². The van der Waals surface area contributed by atoms with Gasteiger partial charge in [0.15, 0.2) is 0 Å². The van der Waals surface area contributed by atoms with Gasteiger partial charge in [-0.3, -0.25) is 10.1 Å². The number of halogens is 2. The van der Waals surface area contributed by atoms with Crippen molar-refractivity contribution in [3.8, 4) is 11.8 Å². The highest BCUT2D eigenvalue weighted by Gasteiger charge is 2.19. The molecule has 0 radical (unpaired) electrons. The molecular weight excluding hydrogens is 481 g/mol. The van der Waals surface area contributed by atoms with E-state index < -0.39 is 20.9 Å². The van der Waals surface area contributed by atoms with Crippen molar-refractivity contribution in [2.24, 2.45) is 0 Å². The van der Waals surface area contributed by atoms with E-state index >= 15 is 0 Å². The molecule has 0 saturated carbocycles. The predicted octanol–water partition coefficient (Wildman–Crippen LogP) is 4.20. The van der Waals surface area contributed by atoms with Gasteiger partial charge in [-0.2, -0.15) is 14.6 Å². The fourth-order valence-corrected chi connectivity index (χ4v) is 4.65. The molecule has 2 heterocycles. The second-order valence-electron chi connectivity index (χ2n) is 6.54. The second-order valence-corrected chi connectivity index (χ2v) is 10.0. The number of carbonyl (C=O) groups is 1. The highest BCUT2D eigenvalue weighted by molar-refractivity contribution is 7.90. The van der Waals surface area contributed by atoms with E-state index in [1.807, 2.05) is 30.6 Å². The Morgan fingerprint density at radius 1 is 1.29 bits per heavy atom. The molecule has 0 aliphatic carbocycles. The molecule has 2 aromatic heterocycles. The van der Waals surface area contributed by atoms with Crippen LogP contribution in [-0.2, 0) is 14.6 Å². The summed E-state index contributed by atoms with van der Waals surface area (Å²) >= 11 is 13.1. The number of hydrogen-bond donors (Lipinski definition) is 1. The van der Waals surface area contributed by atoms with E-state index in [4.69, 9.17) is 23.2 Å². The molecule has 0 unspecified atom stereocenters. The van der Waals surface area contributed by atoms with Crippen LogP contribution in [0.2, 0.25) is 10.0 Å². The normalized spacial score (nSPS) is 11.9. The van der Waals surface area contributed by atoms with E-state index in [-0.39, 0.29) is 10.7 Å². The van der Waals surface area contributed by atoms with Crippen molar-refractivity contribution in [1.82, 2.24) is 13.9 Å². The molecule has 0 atom stereocenters. The molecule has 1 amide bonds. The maximum absolute atomic E-state index is 12.5. The van der Waals surface area contributed by atoms with Gasteiger partial charge in [-0.05, 0) is 49.8 Å². The molecule has 0 fully saturated rings. The molecule has 3 aromatic rings. The van der Waals surface area contributed by atoms with E-state index in [9.17, 15) is 18.5 Å². The first-order chi connectivity index (χ1) is 14.5. The zero-order valence-corrected chi connectivity index (χ0v) is 19.6. The molecule has 0 saturated heterocycles. The summed E-state index contributed by atoms with van der Waals surface area (Å²) in [7, 11) is -3.60. The first-order valence-electron chi connectivity index (χ1n) is 8.62. The minimum atomic E-state index is -3.60. The second kappa shape index (κ2) is 8.80.